The average molecular weight is 408 g/mol. The van der Waals surface area contributed by atoms with E-state index in [0.29, 0.717) is 23.5 Å². The summed E-state index contributed by atoms with van der Waals surface area (Å²) in [6.45, 7) is 1.05. The van der Waals surface area contributed by atoms with Crippen LogP contribution >= 0.6 is 11.3 Å². The van der Waals surface area contributed by atoms with Crippen LogP contribution in [0, 0.1) is 5.92 Å². The highest BCUT2D eigenvalue weighted by Crippen LogP contribution is 2.57. The molecule has 0 unspecified atom stereocenters. The topological polar surface area (TPSA) is 61.4 Å². The maximum absolute atomic E-state index is 11.2. The number of hydrogen-bond donors (Lipinski definition) is 2. The first-order chi connectivity index (χ1) is 14.1. The molecule has 6 rings (SSSR count). The Morgan fingerprint density at radius 3 is 3.00 bits per heavy atom. The van der Waals surface area contributed by atoms with E-state index in [4.69, 9.17) is 9.72 Å². The quantitative estimate of drug-likeness (QED) is 0.679. The van der Waals surface area contributed by atoms with Crippen LogP contribution < -0.4 is 4.74 Å². The van der Waals surface area contributed by atoms with Crippen LogP contribution in [0.1, 0.15) is 28.9 Å². The van der Waals surface area contributed by atoms with Crippen molar-refractivity contribution in [2.24, 2.45) is 5.92 Å². The number of likely N-dealkylation sites (tertiary alicyclic amines) is 1. The summed E-state index contributed by atoms with van der Waals surface area (Å²) in [5.74, 6) is 2.38. The van der Waals surface area contributed by atoms with Crippen molar-refractivity contribution in [3.8, 4) is 22.2 Å². The van der Waals surface area contributed by atoms with Crippen LogP contribution in [-0.4, -0.2) is 46.7 Å². The maximum atomic E-state index is 11.2. The SMILES string of the molecule is COc1ccc2c(c1O)[C@@]13CCN(C)[C@@H](C2)[C@H]1Cc1nc(-c2cccs2)[nH]c1C3. The summed E-state index contributed by atoms with van der Waals surface area (Å²) in [5.41, 5.74) is 4.79. The van der Waals surface area contributed by atoms with E-state index in [1.165, 1.54) is 21.8 Å². The van der Waals surface area contributed by atoms with Gasteiger partial charge in [0.2, 0.25) is 0 Å². The first kappa shape index (κ1) is 17.5. The smallest absolute Gasteiger partial charge is 0.161 e. The monoisotopic (exact) mass is 407 g/mol. The summed E-state index contributed by atoms with van der Waals surface area (Å²) in [4.78, 5) is 12.3. The number of aromatic amines is 1. The summed E-state index contributed by atoms with van der Waals surface area (Å²) in [7, 11) is 3.89. The van der Waals surface area contributed by atoms with E-state index in [2.05, 4.69) is 40.5 Å². The number of H-pyrrole nitrogens is 1. The zero-order valence-electron chi connectivity index (χ0n) is 16.7. The molecule has 3 atom stereocenters. The van der Waals surface area contributed by atoms with Crippen LogP contribution in [0.2, 0.25) is 0 Å². The standard InChI is InChI=1S/C23H25N3O2S/c1-26-8-7-23-12-16-15(24-22(25-16)19-4-3-9-29-19)11-14(23)17(26)10-13-5-6-18(28-2)21(27)20(13)23/h3-6,9,14,17,27H,7-8,10-12H2,1-2H3,(H,24,25)/t14-,17+,23-/m1/s1. The Kier molecular flexibility index (Phi) is 3.69. The van der Waals surface area contributed by atoms with Gasteiger partial charge >= 0.3 is 0 Å². The van der Waals surface area contributed by atoms with Crippen molar-refractivity contribution >= 4 is 11.3 Å². The number of imidazole rings is 1. The normalized spacial score (nSPS) is 27.8. The molecule has 29 heavy (non-hydrogen) atoms. The zero-order chi connectivity index (χ0) is 19.8. The molecule has 1 aromatic carbocycles. The molecule has 2 bridgehead atoms. The predicted molar refractivity (Wildman–Crippen MR) is 114 cm³/mol. The van der Waals surface area contributed by atoms with Crippen molar-refractivity contribution < 1.29 is 9.84 Å². The number of methoxy groups -OCH3 is 1. The molecule has 2 aliphatic carbocycles. The van der Waals surface area contributed by atoms with Crippen molar-refractivity contribution in [1.82, 2.24) is 14.9 Å². The Hall–Kier alpha value is -2.31. The molecular formula is C23H25N3O2S. The van der Waals surface area contributed by atoms with Gasteiger partial charge in [-0.25, -0.2) is 4.98 Å². The van der Waals surface area contributed by atoms with Crippen LogP contribution in [0.4, 0.5) is 0 Å². The number of fused-ring (bicyclic) bond motifs is 2. The third kappa shape index (κ3) is 2.33. The molecule has 1 saturated heterocycles. The fourth-order valence-corrected chi connectivity index (χ4v) is 6.86. The van der Waals surface area contributed by atoms with Gasteiger partial charge in [-0.05, 0) is 68.3 Å². The molecule has 6 heteroatoms. The Morgan fingerprint density at radius 2 is 2.21 bits per heavy atom. The number of aromatic hydroxyl groups is 1. The third-order valence-corrected chi connectivity index (χ3v) is 8.43. The number of likely N-dealkylation sites (N-methyl/N-ethyl adjacent to an activating group) is 1. The minimum absolute atomic E-state index is 0.0599. The molecule has 1 fully saturated rings. The molecule has 0 amide bonds. The van der Waals surface area contributed by atoms with Crippen LogP contribution in [0.15, 0.2) is 29.6 Å². The fraction of sp³-hybridized carbons (Fsp3) is 0.435. The number of phenols is 1. The maximum Gasteiger partial charge on any atom is 0.161 e. The van der Waals surface area contributed by atoms with E-state index >= 15 is 0 Å². The predicted octanol–water partition coefficient (Wildman–Crippen LogP) is 3.77. The van der Waals surface area contributed by atoms with Gasteiger partial charge in [-0.15, -0.1) is 11.3 Å². The van der Waals surface area contributed by atoms with Crippen LogP contribution in [0.3, 0.4) is 0 Å². The van der Waals surface area contributed by atoms with Gasteiger partial charge in [-0.3, -0.25) is 0 Å². The number of nitrogens with one attached hydrogen (secondary N) is 1. The van der Waals surface area contributed by atoms with Gasteiger partial charge in [0.1, 0.15) is 5.82 Å². The van der Waals surface area contributed by atoms with E-state index in [9.17, 15) is 5.11 Å². The van der Waals surface area contributed by atoms with Crippen molar-refractivity contribution in [3.05, 3.63) is 52.2 Å². The lowest BCUT2D eigenvalue weighted by Crippen LogP contribution is -2.61. The van der Waals surface area contributed by atoms with Gasteiger partial charge in [-0.1, -0.05) is 12.1 Å². The second-order valence-corrected chi connectivity index (χ2v) is 9.73. The van der Waals surface area contributed by atoms with Crippen LogP contribution in [-0.2, 0) is 24.7 Å². The highest BCUT2D eigenvalue weighted by atomic mass is 32.1. The molecule has 3 heterocycles. The highest BCUT2D eigenvalue weighted by molar-refractivity contribution is 7.13. The first-order valence-corrected chi connectivity index (χ1v) is 11.2. The zero-order valence-corrected chi connectivity index (χ0v) is 17.6. The number of hydrogen-bond acceptors (Lipinski definition) is 5. The molecule has 5 nitrogen and oxygen atoms in total. The van der Waals surface area contributed by atoms with E-state index in [0.717, 1.165) is 43.6 Å². The molecule has 0 spiro atoms. The second kappa shape index (κ2) is 6.09. The summed E-state index contributed by atoms with van der Waals surface area (Å²) in [6.07, 6.45) is 3.89. The molecule has 3 aliphatic rings. The van der Waals surface area contributed by atoms with Gasteiger partial charge in [0.15, 0.2) is 11.5 Å². The average Bonchev–Trinajstić information content (AvgIpc) is 3.38. The Bertz CT molecular complexity index is 1090. The lowest BCUT2D eigenvalue weighted by atomic mass is 9.52. The molecule has 3 aromatic rings. The number of piperidine rings is 1. The molecule has 2 N–H and O–H groups in total. The number of thiophene rings is 1. The number of aromatic nitrogens is 2. The summed E-state index contributed by atoms with van der Waals surface area (Å²) in [5, 5.41) is 13.3. The van der Waals surface area contributed by atoms with Gasteiger partial charge in [-0.2, -0.15) is 0 Å². The van der Waals surface area contributed by atoms with E-state index < -0.39 is 0 Å². The Morgan fingerprint density at radius 1 is 1.31 bits per heavy atom. The van der Waals surface area contributed by atoms with Gasteiger partial charge in [0.05, 0.1) is 17.7 Å². The summed E-state index contributed by atoms with van der Waals surface area (Å²) < 4.78 is 5.49. The lowest BCUT2D eigenvalue weighted by Gasteiger charge is -2.57. The molecule has 2 aromatic heterocycles. The molecule has 150 valence electrons. The van der Waals surface area contributed by atoms with Gasteiger partial charge < -0.3 is 19.7 Å². The number of nitrogens with zero attached hydrogens (tertiary/aromatic N) is 2. The van der Waals surface area contributed by atoms with Gasteiger partial charge in [0.25, 0.3) is 0 Å². The van der Waals surface area contributed by atoms with Crippen molar-refractivity contribution in [2.75, 3.05) is 20.7 Å². The number of rotatable bonds is 2. The Balaban J connectivity index is 1.54. The summed E-state index contributed by atoms with van der Waals surface area (Å²) in [6, 6.07) is 8.76. The molecular weight excluding hydrogens is 382 g/mol. The van der Waals surface area contributed by atoms with Crippen LogP contribution in [0.25, 0.3) is 10.7 Å². The van der Waals surface area contributed by atoms with E-state index in [1.807, 2.05) is 6.07 Å². The van der Waals surface area contributed by atoms with Crippen LogP contribution in [0.5, 0.6) is 11.5 Å². The summed E-state index contributed by atoms with van der Waals surface area (Å²) >= 11 is 1.72. The third-order valence-electron chi connectivity index (χ3n) is 7.55. The highest BCUT2D eigenvalue weighted by Gasteiger charge is 2.56. The van der Waals surface area contributed by atoms with Crippen molar-refractivity contribution in [2.45, 2.75) is 37.1 Å². The van der Waals surface area contributed by atoms with E-state index in [1.54, 1.807) is 18.4 Å². The largest absolute Gasteiger partial charge is 0.504 e. The number of phenolic OH excluding ortho intramolecular Hbond substituents is 1. The minimum Gasteiger partial charge on any atom is -0.504 e. The first-order valence-electron chi connectivity index (χ1n) is 10.3. The van der Waals surface area contributed by atoms with Crippen molar-refractivity contribution in [1.29, 1.82) is 0 Å². The minimum atomic E-state index is -0.0599. The number of ether oxygens (including phenoxy) is 1. The fourth-order valence-electron chi connectivity index (χ4n) is 6.19. The van der Waals surface area contributed by atoms with Crippen molar-refractivity contribution in [3.63, 3.8) is 0 Å². The van der Waals surface area contributed by atoms with Gasteiger partial charge in [0, 0.05) is 22.7 Å². The molecule has 0 saturated carbocycles. The second-order valence-electron chi connectivity index (χ2n) is 8.78. The lowest BCUT2D eigenvalue weighted by molar-refractivity contribution is 0.0215. The Labute approximate surface area is 174 Å². The molecule has 1 aliphatic heterocycles. The number of benzene rings is 1. The molecule has 0 radical (unpaired) electrons. The van der Waals surface area contributed by atoms with E-state index in [-0.39, 0.29) is 5.41 Å².